The fraction of sp³-hybridized carbons (Fsp3) is 0.278. The molecule has 2 aromatic rings. The molecule has 2 rings (SSSR count). The normalized spacial score (nSPS) is 11.5. The van der Waals surface area contributed by atoms with Crippen molar-refractivity contribution in [1.29, 1.82) is 0 Å². The molecule has 1 N–H and O–H groups in total. The maximum Gasteiger partial charge on any atom is 0.273 e. The van der Waals surface area contributed by atoms with E-state index < -0.39 is 11.0 Å². The summed E-state index contributed by atoms with van der Waals surface area (Å²) in [6.07, 6.45) is 0.0575. The first kappa shape index (κ1) is 18.3. The van der Waals surface area contributed by atoms with Crippen molar-refractivity contribution in [2.75, 3.05) is 12.4 Å². The Morgan fingerprint density at radius 1 is 1.20 bits per heavy atom. The first-order valence-electron chi connectivity index (χ1n) is 7.83. The number of anilines is 1. The van der Waals surface area contributed by atoms with Gasteiger partial charge in [0.05, 0.1) is 18.1 Å². The van der Waals surface area contributed by atoms with Crippen molar-refractivity contribution in [2.45, 2.75) is 26.4 Å². The Hall–Kier alpha value is -3.09. The Morgan fingerprint density at radius 2 is 1.88 bits per heavy atom. The summed E-state index contributed by atoms with van der Waals surface area (Å²) in [6, 6.07) is 11.5. The lowest BCUT2D eigenvalue weighted by molar-refractivity contribution is -0.385. The molecule has 0 unspecified atom stereocenters. The van der Waals surface area contributed by atoms with E-state index >= 15 is 0 Å². The first-order valence-corrected chi connectivity index (χ1v) is 7.83. The smallest absolute Gasteiger partial charge is 0.273 e. The van der Waals surface area contributed by atoms with E-state index in [0.717, 1.165) is 6.42 Å². The molecule has 0 aromatic heterocycles. The Balaban J connectivity index is 2.09. The van der Waals surface area contributed by atoms with Crippen LogP contribution in [0.15, 0.2) is 42.5 Å². The molecule has 0 bridgehead atoms. The predicted octanol–water partition coefficient (Wildman–Crippen LogP) is 3.57. The second-order valence-corrected chi connectivity index (χ2v) is 5.39. The number of carbonyl (C=O) groups excluding carboxylic acids is 1. The molecule has 0 fully saturated rings. The number of amides is 1. The molecule has 0 radical (unpaired) electrons. The third kappa shape index (κ3) is 4.69. The highest BCUT2D eigenvalue weighted by Gasteiger charge is 2.19. The van der Waals surface area contributed by atoms with Gasteiger partial charge < -0.3 is 14.8 Å². The number of ether oxygens (including phenoxy) is 2. The van der Waals surface area contributed by atoms with Gasteiger partial charge in [-0.1, -0.05) is 19.1 Å². The summed E-state index contributed by atoms with van der Waals surface area (Å²) in [5.74, 6) is 0.0936. The van der Waals surface area contributed by atoms with E-state index in [0.29, 0.717) is 11.4 Å². The fourth-order valence-electron chi connectivity index (χ4n) is 2.18. The third-order valence-electron chi connectivity index (χ3n) is 3.66. The summed E-state index contributed by atoms with van der Waals surface area (Å²) in [5, 5.41) is 13.6. The van der Waals surface area contributed by atoms with Gasteiger partial charge in [0, 0.05) is 11.8 Å². The largest absolute Gasteiger partial charge is 0.493 e. The summed E-state index contributed by atoms with van der Waals surface area (Å²) in [7, 11) is 1.42. The lowest BCUT2D eigenvalue weighted by Crippen LogP contribution is -2.30. The van der Waals surface area contributed by atoms with E-state index in [1.54, 1.807) is 6.92 Å². The van der Waals surface area contributed by atoms with Crippen LogP contribution in [-0.2, 0) is 11.2 Å². The van der Waals surface area contributed by atoms with Crippen molar-refractivity contribution in [3.05, 3.63) is 58.1 Å². The van der Waals surface area contributed by atoms with Gasteiger partial charge in [0.2, 0.25) is 0 Å². The summed E-state index contributed by atoms with van der Waals surface area (Å²) in [6.45, 7) is 3.62. The maximum absolute atomic E-state index is 12.3. The molecule has 132 valence electrons. The Bertz CT molecular complexity index is 759. The molecule has 0 saturated heterocycles. The molecule has 0 heterocycles. The minimum absolute atomic E-state index is 0.140. The van der Waals surface area contributed by atoms with Crippen molar-refractivity contribution < 1.29 is 19.2 Å². The molecule has 0 aliphatic heterocycles. The number of carbonyl (C=O) groups is 1. The number of hydrogen-bond donors (Lipinski definition) is 1. The predicted molar refractivity (Wildman–Crippen MR) is 94.2 cm³/mol. The Labute approximate surface area is 145 Å². The van der Waals surface area contributed by atoms with E-state index in [1.807, 2.05) is 24.3 Å². The van der Waals surface area contributed by atoms with Crippen LogP contribution in [-0.4, -0.2) is 24.0 Å². The van der Waals surface area contributed by atoms with Crippen molar-refractivity contribution in [3.8, 4) is 11.5 Å². The lowest BCUT2D eigenvalue weighted by Gasteiger charge is -2.16. The molecule has 7 heteroatoms. The zero-order chi connectivity index (χ0) is 18.4. The van der Waals surface area contributed by atoms with E-state index in [2.05, 4.69) is 12.2 Å². The monoisotopic (exact) mass is 344 g/mol. The standard InChI is InChI=1S/C18H20N2O5/c1-4-13-5-7-14(8-6-13)19-18(21)12(2)25-17-11-15(20(22)23)9-10-16(17)24-3/h5-12H,4H2,1-3H3,(H,19,21)/t12-/m1/s1. The van der Waals surface area contributed by atoms with E-state index in [-0.39, 0.29) is 17.3 Å². The van der Waals surface area contributed by atoms with Gasteiger partial charge in [0.25, 0.3) is 11.6 Å². The minimum Gasteiger partial charge on any atom is -0.493 e. The molecular formula is C18H20N2O5. The average molecular weight is 344 g/mol. The number of aryl methyl sites for hydroxylation is 1. The van der Waals surface area contributed by atoms with Gasteiger partial charge >= 0.3 is 0 Å². The molecule has 1 atom stereocenters. The van der Waals surface area contributed by atoms with Crippen LogP contribution in [0.1, 0.15) is 19.4 Å². The van der Waals surface area contributed by atoms with Gasteiger partial charge in [-0.2, -0.15) is 0 Å². The molecule has 0 aliphatic rings. The summed E-state index contributed by atoms with van der Waals surface area (Å²) >= 11 is 0. The molecule has 0 spiro atoms. The highest BCUT2D eigenvalue weighted by molar-refractivity contribution is 5.94. The fourth-order valence-corrected chi connectivity index (χ4v) is 2.18. The number of non-ortho nitro benzene ring substituents is 1. The number of nitrogens with one attached hydrogen (secondary N) is 1. The zero-order valence-electron chi connectivity index (χ0n) is 14.3. The van der Waals surface area contributed by atoms with Crippen LogP contribution >= 0.6 is 0 Å². The SMILES string of the molecule is CCc1ccc(NC(=O)[C@@H](C)Oc2cc([N+](=O)[O-])ccc2OC)cc1. The van der Waals surface area contributed by atoms with Gasteiger partial charge in [-0.15, -0.1) is 0 Å². The van der Waals surface area contributed by atoms with Crippen LogP contribution in [0.25, 0.3) is 0 Å². The Morgan fingerprint density at radius 3 is 2.44 bits per heavy atom. The molecule has 1 amide bonds. The van der Waals surface area contributed by atoms with Gasteiger partial charge in [-0.05, 0) is 37.1 Å². The van der Waals surface area contributed by atoms with E-state index in [1.165, 1.54) is 30.9 Å². The van der Waals surface area contributed by atoms with Crippen LogP contribution in [0.3, 0.4) is 0 Å². The van der Waals surface area contributed by atoms with Crippen molar-refractivity contribution >= 4 is 17.3 Å². The van der Waals surface area contributed by atoms with Gasteiger partial charge in [0.1, 0.15) is 0 Å². The van der Waals surface area contributed by atoms with Crippen LogP contribution in [0.4, 0.5) is 11.4 Å². The van der Waals surface area contributed by atoms with Gasteiger partial charge in [-0.3, -0.25) is 14.9 Å². The molecular weight excluding hydrogens is 324 g/mol. The van der Waals surface area contributed by atoms with Crippen LogP contribution in [0, 0.1) is 10.1 Å². The quantitative estimate of drug-likeness (QED) is 0.612. The highest BCUT2D eigenvalue weighted by Crippen LogP contribution is 2.32. The third-order valence-corrected chi connectivity index (χ3v) is 3.66. The van der Waals surface area contributed by atoms with Gasteiger partial charge in [-0.25, -0.2) is 0 Å². The van der Waals surface area contributed by atoms with Crippen LogP contribution < -0.4 is 14.8 Å². The lowest BCUT2D eigenvalue weighted by atomic mass is 10.1. The number of rotatable bonds is 7. The average Bonchev–Trinajstić information content (AvgIpc) is 2.62. The van der Waals surface area contributed by atoms with E-state index in [4.69, 9.17) is 9.47 Å². The Kier molecular flexibility index (Phi) is 5.94. The molecule has 0 aliphatic carbocycles. The number of methoxy groups -OCH3 is 1. The van der Waals surface area contributed by atoms with Crippen molar-refractivity contribution in [2.24, 2.45) is 0 Å². The number of nitro groups is 1. The first-order chi connectivity index (χ1) is 11.9. The summed E-state index contributed by atoms with van der Waals surface area (Å²) in [5.41, 5.74) is 1.69. The minimum atomic E-state index is -0.859. The highest BCUT2D eigenvalue weighted by atomic mass is 16.6. The molecule has 7 nitrogen and oxygen atoms in total. The van der Waals surface area contributed by atoms with E-state index in [9.17, 15) is 14.9 Å². The summed E-state index contributed by atoms with van der Waals surface area (Å²) < 4.78 is 10.7. The zero-order valence-corrected chi connectivity index (χ0v) is 14.3. The second kappa shape index (κ2) is 8.14. The molecule has 2 aromatic carbocycles. The number of benzene rings is 2. The van der Waals surface area contributed by atoms with Crippen molar-refractivity contribution in [1.82, 2.24) is 0 Å². The molecule has 25 heavy (non-hydrogen) atoms. The number of nitrogens with zero attached hydrogens (tertiary/aromatic N) is 1. The number of hydrogen-bond acceptors (Lipinski definition) is 5. The second-order valence-electron chi connectivity index (χ2n) is 5.39. The van der Waals surface area contributed by atoms with Crippen molar-refractivity contribution in [3.63, 3.8) is 0 Å². The number of nitro benzene ring substituents is 1. The van der Waals surface area contributed by atoms with Crippen LogP contribution in [0.2, 0.25) is 0 Å². The summed E-state index contributed by atoms with van der Waals surface area (Å²) in [4.78, 5) is 22.6. The molecule has 0 saturated carbocycles. The maximum atomic E-state index is 12.3. The van der Waals surface area contributed by atoms with Crippen LogP contribution in [0.5, 0.6) is 11.5 Å². The topological polar surface area (TPSA) is 90.7 Å². The van der Waals surface area contributed by atoms with Gasteiger partial charge in [0.15, 0.2) is 17.6 Å².